The number of aldehydes is 4. The second-order valence-corrected chi connectivity index (χ2v) is 3.72. The van der Waals surface area contributed by atoms with E-state index in [1.54, 1.807) is 10.8 Å². The maximum atomic E-state index is 10.1. The summed E-state index contributed by atoms with van der Waals surface area (Å²) >= 11 is 1.35. The van der Waals surface area contributed by atoms with Crippen molar-refractivity contribution in [3.63, 3.8) is 0 Å². The van der Waals surface area contributed by atoms with E-state index in [2.05, 4.69) is 9.97 Å². The third-order valence-corrected chi connectivity index (χ3v) is 2.61. The van der Waals surface area contributed by atoms with Crippen LogP contribution in [0, 0.1) is 0 Å². The highest BCUT2D eigenvalue weighted by Gasteiger charge is 1.98. The van der Waals surface area contributed by atoms with Gasteiger partial charge in [0.25, 0.3) is 0 Å². The number of hydrogen-bond acceptors (Lipinski definition) is 6. The summed E-state index contributed by atoms with van der Waals surface area (Å²) in [5.41, 5.74) is 1.28. The van der Waals surface area contributed by atoms with Crippen molar-refractivity contribution in [1.82, 2.24) is 9.97 Å². The van der Waals surface area contributed by atoms with Crippen LogP contribution in [0.1, 0.15) is 41.8 Å². The molecule has 0 aromatic carbocycles. The Morgan fingerprint density at radius 2 is 1.56 bits per heavy atom. The Kier molecular flexibility index (Phi) is 5.33. The van der Waals surface area contributed by atoms with Gasteiger partial charge in [-0.1, -0.05) is 0 Å². The SMILES string of the molecule is O=Cc1cnc(C=O)[nH]1.O=Cc1cscc1C=O. The van der Waals surface area contributed by atoms with Crippen molar-refractivity contribution in [2.45, 2.75) is 0 Å². The molecule has 7 heteroatoms. The van der Waals surface area contributed by atoms with E-state index in [0.717, 1.165) is 0 Å². The molecule has 92 valence electrons. The van der Waals surface area contributed by atoms with Crippen LogP contribution in [0.2, 0.25) is 0 Å². The zero-order chi connectivity index (χ0) is 13.4. The van der Waals surface area contributed by atoms with E-state index < -0.39 is 0 Å². The normalized spacial score (nSPS) is 8.89. The summed E-state index contributed by atoms with van der Waals surface area (Å²) < 4.78 is 0. The lowest BCUT2D eigenvalue weighted by Gasteiger charge is -1.78. The van der Waals surface area contributed by atoms with Gasteiger partial charge in [-0.3, -0.25) is 19.2 Å². The summed E-state index contributed by atoms with van der Waals surface area (Å²) in [6.07, 6.45) is 3.81. The Bertz CT molecular complexity index is 514. The lowest BCUT2D eigenvalue weighted by Crippen LogP contribution is -1.82. The van der Waals surface area contributed by atoms with E-state index in [1.807, 2.05) is 0 Å². The molecule has 2 heterocycles. The molecule has 0 spiro atoms. The van der Waals surface area contributed by atoms with Crippen LogP contribution in [0.4, 0.5) is 0 Å². The minimum atomic E-state index is 0.178. The molecule has 18 heavy (non-hydrogen) atoms. The first kappa shape index (κ1) is 13.7. The summed E-state index contributed by atoms with van der Waals surface area (Å²) in [6, 6.07) is 0. The van der Waals surface area contributed by atoms with E-state index in [-0.39, 0.29) is 5.82 Å². The highest BCUT2D eigenvalue weighted by Crippen LogP contribution is 2.09. The van der Waals surface area contributed by atoms with E-state index in [1.165, 1.54) is 17.5 Å². The van der Waals surface area contributed by atoms with Crippen LogP contribution in [0.25, 0.3) is 0 Å². The van der Waals surface area contributed by atoms with Crippen molar-refractivity contribution < 1.29 is 19.2 Å². The van der Waals surface area contributed by atoms with Crippen LogP contribution in [0.3, 0.4) is 0 Å². The number of nitrogens with zero attached hydrogens (tertiary/aromatic N) is 1. The van der Waals surface area contributed by atoms with Crippen molar-refractivity contribution in [3.05, 3.63) is 39.6 Å². The fraction of sp³-hybridized carbons (Fsp3) is 0. The Hall–Kier alpha value is -2.41. The van der Waals surface area contributed by atoms with E-state index in [4.69, 9.17) is 0 Å². The number of thiophene rings is 1. The number of carbonyl (C=O) groups excluding carboxylic acids is 4. The van der Waals surface area contributed by atoms with Crippen LogP contribution < -0.4 is 0 Å². The Morgan fingerprint density at radius 1 is 0.944 bits per heavy atom. The van der Waals surface area contributed by atoms with Crippen LogP contribution >= 0.6 is 11.3 Å². The molecule has 6 nitrogen and oxygen atoms in total. The van der Waals surface area contributed by atoms with Gasteiger partial charge in [-0.2, -0.15) is 11.3 Å². The molecule has 0 aliphatic heterocycles. The van der Waals surface area contributed by atoms with Gasteiger partial charge in [-0.25, -0.2) is 4.98 Å². The molecule has 0 saturated heterocycles. The number of rotatable bonds is 4. The minimum Gasteiger partial charge on any atom is -0.334 e. The van der Waals surface area contributed by atoms with Gasteiger partial charge in [0, 0.05) is 21.9 Å². The monoisotopic (exact) mass is 264 g/mol. The van der Waals surface area contributed by atoms with Gasteiger partial charge in [0.2, 0.25) is 0 Å². The number of nitrogens with one attached hydrogen (secondary N) is 1. The van der Waals surface area contributed by atoms with Crippen molar-refractivity contribution in [2.75, 3.05) is 0 Å². The summed E-state index contributed by atoms with van der Waals surface area (Å²) in [4.78, 5) is 46.1. The molecule has 0 bridgehead atoms. The molecule has 1 N–H and O–H groups in total. The highest BCUT2D eigenvalue weighted by molar-refractivity contribution is 7.08. The summed E-state index contributed by atoms with van der Waals surface area (Å²) in [6.45, 7) is 0. The smallest absolute Gasteiger partial charge is 0.185 e. The Morgan fingerprint density at radius 3 is 1.89 bits per heavy atom. The summed E-state index contributed by atoms with van der Waals surface area (Å²) in [5, 5.41) is 3.30. The van der Waals surface area contributed by atoms with Gasteiger partial charge in [0.15, 0.2) is 31.0 Å². The molecule has 2 aromatic rings. The third kappa shape index (κ3) is 3.56. The lowest BCUT2D eigenvalue weighted by molar-refractivity contribution is 0.109. The molecule has 0 amide bonds. The fourth-order valence-electron chi connectivity index (χ4n) is 0.980. The molecule has 2 aromatic heterocycles. The molecule has 2 rings (SSSR count). The Balaban J connectivity index is 0.000000180. The molecule has 0 unspecified atom stereocenters. The predicted octanol–water partition coefficient (Wildman–Crippen LogP) is 1.41. The molecule has 0 fully saturated rings. The fourth-order valence-corrected chi connectivity index (χ4v) is 1.72. The molecule has 0 aliphatic rings. The first-order chi connectivity index (χ1) is 8.74. The van der Waals surface area contributed by atoms with Crippen molar-refractivity contribution in [2.24, 2.45) is 0 Å². The van der Waals surface area contributed by atoms with Gasteiger partial charge in [-0.05, 0) is 0 Å². The highest BCUT2D eigenvalue weighted by atomic mass is 32.1. The second-order valence-electron chi connectivity index (χ2n) is 2.98. The van der Waals surface area contributed by atoms with Crippen LogP contribution in [0.5, 0.6) is 0 Å². The average molecular weight is 264 g/mol. The van der Waals surface area contributed by atoms with E-state index in [9.17, 15) is 19.2 Å². The van der Waals surface area contributed by atoms with Crippen molar-refractivity contribution in [1.29, 1.82) is 0 Å². The first-order valence-electron chi connectivity index (χ1n) is 4.67. The van der Waals surface area contributed by atoms with Gasteiger partial charge in [0.1, 0.15) is 0 Å². The van der Waals surface area contributed by atoms with Crippen molar-refractivity contribution >= 4 is 36.5 Å². The first-order valence-corrected chi connectivity index (χ1v) is 5.61. The number of aromatic amines is 1. The quantitative estimate of drug-likeness (QED) is 0.842. The molecular weight excluding hydrogens is 256 g/mol. The number of H-pyrrole nitrogens is 1. The van der Waals surface area contributed by atoms with Gasteiger partial charge in [0.05, 0.1) is 11.9 Å². The minimum absolute atomic E-state index is 0.178. The maximum Gasteiger partial charge on any atom is 0.185 e. The van der Waals surface area contributed by atoms with Gasteiger partial charge >= 0.3 is 0 Å². The number of aromatic nitrogens is 2. The summed E-state index contributed by atoms with van der Waals surface area (Å²) in [7, 11) is 0. The number of imidazole rings is 1. The zero-order valence-corrected chi connectivity index (χ0v) is 9.85. The number of hydrogen-bond donors (Lipinski definition) is 1. The molecule has 0 aliphatic carbocycles. The van der Waals surface area contributed by atoms with Gasteiger partial charge < -0.3 is 4.98 Å². The lowest BCUT2D eigenvalue weighted by atomic mass is 10.2. The third-order valence-electron chi connectivity index (χ3n) is 1.83. The maximum absolute atomic E-state index is 10.1. The topological polar surface area (TPSA) is 97.0 Å². The van der Waals surface area contributed by atoms with Crippen molar-refractivity contribution in [3.8, 4) is 0 Å². The molecular formula is C11H8N2O4S. The Labute approximate surface area is 106 Å². The zero-order valence-electron chi connectivity index (χ0n) is 9.03. The second kappa shape index (κ2) is 7.02. The van der Waals surface area contributed by atoms with E-state index >= 15 is 0 Å². The molecule has 0 atom stereocenters. The van der Waals surface area contributed by atoms with Crippen LogP contribution in [0.15, 0.2) is 17.0 Å². The standard InChI is InChI=1S/C6H4O2S.C5H4N2O2/c7-1-5-3-9-4-6(5)2-8;8-2-4-1-6-5(3-9)7-4/h1-4H;1-3H,(H,6,7). The van der Waals surface area contributed by atoms with Gasteiger partial charge in [-0.15, -0.1) is 0 Å². The summed E-state index contributed by atoms with van der Waals surface area (Å²) in [5.74, 6) is 0.178. The van der Waals surface area contributed by atoms with Crippen LogP contribution in [-0.4, -0.2) is 35.1 Å². The largest absolute Gasteiger partial charge is 0.334 e. The molecule has 0 radical (unpaired) electrons. The van der Waals surface area contributed by atoms with E-state index in [0.29, 0.717) is 42.0 Å². The van der Waals surface area contributed by atoms with Crippen LogP contribution in [-0.2, 0) is 0 Å². The average Bonchev–Trinajstić information content (AvgIpc) is 3.07. The number of carbonyl (C=O) groups is 4. The molecule has 0 saturated carbocycles. The predicted molar refractivity (Wildman–Crippen MR) is 64.5 cm³/mol.